The van der Waals surface area contributed by atoms with E-state index >= 15 is 0 Å². The molecule has 1 aromatic heterocycles. The van der Waals surface area contributed by atoms with E-state index in [2.05, 4.69) is 10.3 Å². The van der Waals surface area contributed by atoms with E-state index in [1.807, 2.05) is 18.2 Å². The third-order valence-electron chi connectivity index (χ3n) is 3.61. The average molecular weight is 247 g/mol. The highest BCUT2D eigenvalue weighted by Crippen LogP contribution is 2.23. The number of rotatable bonds is 2. The molecule has 1 aliphatic rings. The number of nitrogens with two attached hydrogens (primary N) is 1. The zero-order chi connectivity index (χ0) is 12.5. The molecule has 0 amide bonds. The molecule has 2 atom stereocenters. The Morgan fingerprint density at radius 3 is 3.06 bits per heavy atom. The summed E-state index contributed by atoms with van der Waals surface area (Å²) >= 11 is 0. The first kappa shape index (κ1) is 11.5. The second-order valence-corrected chi connectivity index (χ2v) is 4.85. The molecule has 5 nitrogen and oxygen atoms in total. The quantitative estimate of drug-likeness (QED) is 0.746. The van der Waals surface area contributed by atoms with Gasteiger partial charge in [0, 0.05) is 12.1 Å². The lowest BCUT2D eigenvalue weighted by atomic mass is 9.93. The average Bonchev–Trinajstić information content (AvgIpc) is 2.78. The van der Waals surface area contributed by atoms with E-state index < -0.39 is 5.76 Å². The summed E-state index contributed by atoms with van der Waals surface area (Å²) in [5.74, 6) is -0.425. The van der Waals surface area contributed by atoms with Crippen molar-refractivity contribution in [1.82, 2.24) is 10.3 Å². The number of H-pyrrole nitrogens is 1. The van der Waals surface area contributed by atoms with Gasteiger partial charge in [-0.1, -0.05) is 12.5 Å². The van der Waals surface area contributed by atoms with Crippen LogP contribution < -0.4 is 16.8 Å². The van der Waals surface area contributed by atoms with Crippen molar-refractivity contribution in [1.29, 1.82) is 0 Å². The Bertz CT molecular complexity index is 596. The second-order valence-electron chi connectivity index (χ2n) is 4.85. The van der Waals surface area contributed by atoms with Crippen LogP contribution in [0.1, 0.15) is 30.9 Å². The van der Waals surface area contributed by atoms with Crippen LogP contribution in [0.4, 0.5) is 0 Å². The van der Waals surface area contributed by atoms with Crippen molar-refractivity contribution in [3.05, 3.63) is 34.3 Å². The maximum atomic E-state index is 11.1. The van der Waals surface area contributed by atoms with E-state index in [1.54, 1.807) is 0 Å². The molecule has 5 heteroatoms. The van der Waals surface area contributed by atoms with Crippen LogP contribution in [0.2, 0.25) is 0 Å². The normalized spacial score (nSPS) is 22.2. The SMILES string of the molecule is NC(c1ccc2[nH]c(=O)oc2c1)C1CCCCN1. The molecule has 2 heterocycles. The molecule has 1 aromatic carbocycles. The van der Waals surface area contributed by atoms with Gasteiger partial charge in [-0.3, -0.25) is 4.98 Å². The number of hydrogen-bond acceptors (Lipinski definition) is 4. The fourth-order valence-corrected chi connectivity index (χ4v) is 2.59. The van der Waals surface area contributed by atoms with Crippen molar-refractivity contribution in [2.24, 2.45) is 5.73 Å². The number of benzene rings is 1. The minimum Gasteiger partial charge on any atom is -0.408 e. The van der Waals surface area contributed by atoms with Gasteiger partial charge in [0.05, 0.1) is 5.52 Å². The number of aromatic nitrogens is 1. The lowest BCUT2D eigenvalue weighted by molar-refractivity contribution is 0.353. The molecule has 0 saturated carbocycles. The topological polar surface area (TPSA) is 84.1 Å². The summed E-state index contributed by atoms with van der Waals surface area (Å²) in [6.45, 7) is 1.03. The lowest BCUT2D eigenvalue weighted by Crippen LogP contribution is -2.42. The molecule has 0 radical (unpaired) electrons. The minimum atomic E-state index is -0.425. The smallest absolute Gasteiger partial charge is 0.408 e. The molecule has 0 bridgehead atoms. The Kier molecular flexibility index (Phi) is 2.93. The Morgan fingerprint density at radius 1 is 1.39 bits per heavy atom. The van der Waals surface area contributed by atoms with E-state index in [1.165, 1.54) is 12.8 Å². The summed E-state index contributed by atoms with van der Waals surface area (Å²) in [5, 5.41) is 3.45. The second kappa shape index (κ2) is 4.59. The van der Waals surface area contributed by atoms with E-state index in [9.17, 15) is 4.79 Å². The summed E-state index contributed by atoms with van der Waals surface area (Å²) in [6.07, 6.45) is 3.53. The van der Waals surface area contributed by atoms with E-state index in [-0.39, 0.29) is 6.04 Å². The number of oxazole rings is 1. The van der Waals surface area contributed by atoms with Gasteiger partial charge in [0.2, 0.25) is 0 Å². The Morgan fingerprint density at radius 2 is 2.28 bits per heavy atom. The molecule has 2 aromatic rings. The van der Waals surface area contributed by atoms with Crippen molar-refractivity contribution in [2.45, 2.75) is 31.3 Å². The predicted molar refractivity (Wildman–Crippen MR) is 69.4 cm³/mol. The Balaban J connectivity index is 1.90. The van der Waals surface area contributed by atoms with Crippen LogP contribution in [0.5, 0.6) is 0 Å². The fourth-order valence-electron chi connectivity index (χ4n) is 2.59. The van der Waals surface area contributed by atoms with Gasteiger partial charge in [-0.25, -0.2) is 4.79 Å². The number of piperidine rings is 1. The van der Waals surface area contributed by atoms with Gasteiger partial charge >= 0.3 is 5.76 Å². The van der Waals surface area contributed by atoms with Crippen LogP contribution in [-0.4, -0.2) is 17.6 Å². The molecule has 1 saturated heterocycles. The van der Waals surface area contributed by atoms with Crippen molar-refractivity contribution in [2.75, 3.05) is 6.54 Å². The Hall–Kier alpha value is -1.59. The molecule has 1 aliphatic heterocycles. The summed E-state index contributed by atoms with van der Waals surface area (Å²) in [6, 6.07) is 5.90. The third kappa shape index (κ3) is 2.07. The van der Waals surface area contributed by atoms with Gasteiger partial charge in [-0.2, -0.15) is 0 Å². The van der Waals surface area contributed by atoms with Gasteiger partial charge in [-0.15, -0.1) is 0 Å². The molecule has 4 N–H and O–H groups in total. The highest BCUT2D eigenvalue weighted by Gasteiger charge is 2.21. The van der Waals surface area contributed by atoms with Gasteiger partial charge < -0.3 is 15.5 Å². The van der Waals surface area contributed by atoms with Crippen LogP contribution in [0.15, 0.2) is 27.4 Å². The number of nitrogens with one attached hydrogen (secondary N) is 2. The molecule has 0 aliphatic carbocycles. The molecule has 18 heavy (non-hydrogen) atoms. The van der Waals surface area contributed by atoms with E-state index in [0.717, 1.165) is 18.5 Å². The van der Waals surface area contributed by atoms with Gasteiger partial charge in [0.25, 0.3) is 0 Å². The third-order valence-corrected chi connectivity index (χ3v) is 3.61. The van der Waals surface area contributed by atoms with Crippen LogP contribution in [-0.2, 0) is 0 Å². The monoisotopic (exact) mass is 247 g/mol. The van der Waals surface area contributed by atoms with Crippen LogP contribution in [0, 0.1) is 0 Å². The van der Waals surface area contributed by atoms with E-state index in [4.69, 9.17) is 10.2 Å². The van der Waals surface area contributed by atoms with Crippen molar-refractivity contribution < 1.29 is 4.42 Å². The van der Waals surface area contributed by atoms with Crippen molar-refractivity contribution in [3.63, 3.8) is 0 Å². The number of hydrogen-bond donors (Lipinski definition) is 3. The molecule has 3 rings (SSSR count). The zero-order valence-electron chi connectivity index (χ0n) is 10.1. The summed E-state index contributed by atoms with van der Waals surface area (Å²) in [7, 11) is 0. The lowest BCUT2D eigenvalue weighted by Gasteiger charge is -2.29. The molecular weight excluding hydrogens is 230 g/mol. The van der Waals surface area contributed by atoms with Gasteiger partial charge in [-0.05, 0) is 37.1 Å². The molecule has 1 fully saturated rings. The Labute approximate surface area is 104 Å². The summed E-state index contributed by atoms with van der Waals surface area (Å²) in [5.41, 5.74) is 8.57. The maximum Gasteiger partial charge on any atom is 0.417 e. The first-order chi connectivity index (χ1) is 8.74. The molecule has 96 valence electrons. The first-order valence-electron chi connectivity index (χ1n) is 6.36. The number of fused-ring (bicyclic) bond motifs is 1. The van der Waals surface area contributed by atoms with Crippen LogP contribution >= 0.6 is 0 Å². The highest BCUT2D eigenvalue weighted by molar-refractivity contribution is 5.72. The summed E-state index contributed by atoms with van der Waals surface area (Å²) < 4.78 is 5.06. The number of aromatic amines is 1. The molecule has 2 unspecified atom stereocenters. The predicted octanol–water partition coefficient (Wildman–Crippen LogP) is 1.26. The van der Waals surface area contributed by atoms with Gasteiger partial charge in [0.1, 0.15) is 0 Å². The summed E-state index contributed by atoms with van der Waals surface area (Å²) in [4.78, 5) is 13.7. The fraction of sp³-hybridized carbons (Fsp3) is 0.462. The van der Waals surface area contributed by atoms with Gasteiger partial charge in [0.15, 0.2) is 5.58 Å². The zero-order valence-corrected chi connectivity index (χ0v) is 10.1. The highest BCUT2D eigenvalue weighted by atomic mass is 16.4. The standard InChI is InChI=1S/C13H17N3O2/c14-12(10-3-1-2-6-15-10)8-4-5-9-11(7-8)18-13(17)16-9/h4-5,7,10,12,15H,1-3,6,14H2,(H,16,17). The molecule has 0 spiro atoms. The maximum absolute atomic E-state index is 11.1. The van der Waals surface area contributed by atoms with Crippen molar-refractivity contribution in [3.8, 4) is 0 Å². The van der Waals surface area contributed by atoms with Crippen molar-refractivity contribution >= 4 is 11.1 Å². The first-order valence-corrected chi connectivity index (χ1v) is 6.36. The minimum absolute atomic E-state index is 0.0603. The largest absolute Gasteiger partial charge is 0.417 e. The van der Waals surface area contributed by atoms with E-state index in [0.29, 0.717) is 17.1 Å². The van der Waals surface area contributed by atoms with Crippen LogP contribution in [0.25, 0.3) is 11.1 Å². The van der Waals surface area contributed by atoms with Crippen LogP contribution in [0.3, 0.4) is 0 Å². The molecular formula is C13H17N3O2.